The van der Waals surface area contributed by atoms with Crippen LogP contribution >= 0.6 is 0 Å². The standard InChI is InChI=1S/C13H18N4/c1-9-2-4-10(5-3-9)17-13-8-15-7-12(14)11(13)6-16-17/h6-10H,2-5,14H2,1H3. The van der Waals surface area contributed by atoms with Crippen LogP contribution in [0.3, 0.4) is 0 Å². The van der Waals surface area contributed by atoms with Gasteiger partial charge >= 0.3 is 0 Å². The summed E-state index contributed by atoms with van der Waals surface area (Å²) in [5.74, 6) is 0.858. The van der Waals surface area contributed by atoms with E-state index in [0.717, 1.165) is 22.5 Å². The molecule has 0 radical (unpaired) electrons. The summed E-state index contributed by atoms with van der Waals surface area (Å²) in [5, 5.41) is 5.53. The molecular formula is C13H18N4. The molecule has 17 heavy (non-hydrogen) atoms. The lowest BCUT2D eigenvalue weighted by molar-refractivity contribution is 0.279. The van der Waals surface area contributed by atoms with Crippen LogP contribution in [0.25, 0.3) is 10.9 Å². The van der Waals surface area contributed by atoms with Crippen molar-refractivity contribution < 1.29 is 0 Å². The Morgan fingerprint density at radius 2 is 1.94 bits per heavy atom. The van der Waals surface area contributed by atoms with Gasteiger partial charge in [-0.2, -0.15) is 5.10 Å². The Morgan fingerprint density at radius 1 is 1.18 bits per heavy atom. The van der Waals surface area contributed by atoms with Gasteiger partial charge in [-0.1, -0.05) is 6.92 Å². The van der Waals surface area contributed by atoms with Crippen molar-refractivity contribution in [1.29, 1.82) is 0 Å². The summed E-state index contributed by atoms with van der Waals surface area (Å²) in [5.41, 5.74) is 7.70. The van der Waals surface area contributed by atoms with Crippen molar-refractivity contribution in [2.75, 3.05) is 5.73 Å². The van der Waals surface area contributed by atoms with Gasteiger partial charge in [-0.25, -0.2) is 0 Å². The van der Waals surface area contributed by atoms with Crippen molar-refractivity contribution in [3.8, 4) is 0 Å². The molecule has 0 bridgehead atoms. The monoisotopic (exact) mass is 230 g/mol. The summed E-state index contributed by atoms with van der Waals surface area (Å²) in [4.78, 5) is 4.17. The van der Waals surface area contributed by atoms with Crippen LogP contribution in [0.1, 0.15) is 38.6 Å². The predicted molar refractivity (Wildman–Crippen MR) is 68.6 cm³/mol. The zero-order chi connectivity index (χ0) is 11.8. The molecule has 3 rings (SSSR count). The van der Waals surface area contributed by atoms with E-state index < -0.39 is 0 Å². The van der Waals surface area contributed by atoms with Gasteiger partial charge in [-0.3, -0.25) is 9.67 Å². The van der Waals surface area contributed by atoms with E-state index in [1.54, 1.807) is 6.20 Å². The van der Waals surface area contributed by atoms with Gasteiger partial charge in [-0.15, -0.1) is 0 Å². The van der Waals surface area contributed by atoms with Gasteiger partial charge in [0.15, 0.2) is 0 Å². The SMILES string of the molecule is CC1CCC(n2ncc3c(N)cncc32)CC1. The molecule has 0 spiro atoms. The van der Waals surface area contributed by atoms with E-state index in [4.69, 9.17) is 5.73 Å². The Kier molecular flexibility index (Phi) is 2.50. The van der Waals surface area contributed by atoms with Gasteiger partial charge in [0, 0.05) is 5.39 Å². The number of fused-ring (bicyclic) bond motifs is 1. The van der Waals surface area contributed by atoms with Crippen LogP contribution < -0.4 is 5.73 Å². The molecule has 0 aliphatic heterocycles. The molecule has 1 aliphatic carbocycles. The highest BCUT2D eigenvalue weighted by atomic mass is 15.3. The van der Waals surface area contributed by atoms with Gasteiger partial charge in [0.1, 0.15) is 0 Å². The highest BCUT2D eigenvalue weighted by molar-refractivity contribution is 5.89. The third-order valence-electron chi connectivity index (χ3n) is 3.89. The number of nitrogens with two attached hydrogens (primary N) is 1. The van der Waals surface area contributed by atoms with Crippen LogP contribution in [0.5, 0.6) is 0 Å². The Balaban J connectivity index is 1.98. The van der Waals surface area contributed by atoms with Gasteiger partial charge in [0.2, 0.25) is 0 Å². The number of hydrogen-bond donors (Lipinski definition) is 1. The molecule has 4 heteroatoms. The van der Waals surface area contributed by atoms with Crippen LogP contribution in [0, 0.1) is 5.92 Å². The Labute approximate surface area is 101 Å². The van der Waals surface area contributed by atoms with Crippen molar-refractivity contribution in [3.05, 3.63) is 18.6 Å². The molecule has 1 saturated carbocycles. The summed E-state index contributed by atoms with van der Waals surface area (Å²) in [6, 6.07) is 0.521. The van der Waals surface area contributed by atoms with Gasteiger partial charge in [0.25, 0.3) is 0 Å². The van der Waals surface area contributed by atoms with Crippen molar-refractivity contribution in [3.63, 3.8) is 0 Å². The van der Waals surface area contributed by atoms with E-state index in [0.29, 0.717) is 6.04 Å². The molecule has 2 heterocycles. The first kappa shape index (κ1) is 10.6. The second-order valence-corrected chi connectivity index (χ2v) is 5.16. The number of nitrogen functional groups attached to an aromatic ring is 1. The lowest BCUT2D eigenvalue weighted by atomic mass is 9.87. The number of anilines is 1. The van der Waals surface area contributed by atoms with E-state index in [2.05, 4.69) is 21.7 Å². The van der Waals surface area contributed by atoms with E-state index >= 15 is 0 Å². The highest BCUT2D eigenvalue weighted by Gasteiger charge is 2.21. The highest BCUT2D eigenvalue weighted by Crippen LogP contribution is 2.33. The van der Waals surface area contributed by atoms with Gasteiger partial charge < -0.3 is 5.73 Å². The number of aromatic nitrogens is 3. The number of rotatable bonds is 1. The normalized spacial score (nSPS) is 25.2. The van der Waals surface area contributed by atoms with E-state index in [-0.39, 0.29) is 0 Å². The second kappa shape index (κ2) is 4.02. The maximum Gasteiger partial charge on any atom is 0.0889 e. The molecule has 0 amide bonds. The summed E-state index contributed by atoms with van der Waals surface area (Å²) >= 11 is 0. The van der Waals surface area contributed by atoms with Crippen LogP contribution in [0.4, 0.5) is 5.69 Å². The lowest BCUT2D eigenvalue weighted by Crippen LogP contribution is -2.17. The van der Waals surface area contributed by atoms with E-state index in [9.17, 15) is 0 Å². The Hall–Kier alpha value is -1.58. The van der Waals surface area contributed by atoms with Crippen molar-refractivity contribution in [2.45, 2.75) is 38.6 Å². The molecule has 2 aromatic heterocycles. The smallest absolute Gasteiger partial charge is 0.0889 e. The molecule has 0 aromatic carbocycles. The average molecular weight is 230 g/mol. The Morgan fingerprint density at radius 3 is 2.71 bits per heavy atom. The molecule has 90 valence electrons. The fourth-order valence-corrected chi connectivity index (χ4v) is 2.76. The zero-order valence-corrected chi connectivity index (χ0v) is 10.1. The van der Waals surface area contributed by atoms with Crippen LogP contribution in [-0.4, -0.2) is 14.8 Å². The molecule has 2 N–H and O–H groups in total. The molecule has 2 aromatic rings. The third-order valence-corrected chi connectivity index (χ3v) is 3.89. The van der Waals surface area contributed by atoms with Crippen LogP contribution in [-0.2, 0) is 0 Å². The summed E-state index contributed by atoms with van der Waals surface area (Å²) in [6.07, 6.45) is 10.4. The maximum absolute atomic E-state index is 5.91. The Bertz CT molecular complexity index is 523. The summed E-state index contributed by atoms with van der Waals surface area (Å²) in [7, 11) is 0. The number of nitrogens with zero attached hydrogens (tertiary/aromatic N) is 3. The quantitative estimate of drug-likeness (QED) is 0.819. The van der Waals surface area contributed by atoms with Crippen molar-refractivity contribution >= 4 is 16.6 Å². The fraction of sp³-hybridized carbons (Fsp3) is 0.538. The largest absolute Gasteiger partial charge is 0.397 e. The predicted octanol–water partition coefficient (Wildman–Crippen LogP) is 2.76. The molecule has 1 fully saturated rings. The van der Waals surface area contributed by atoms with Crippen molar-refractivity contribution in [1.82, 2.24) is 14.8 Å². The molecule has 0 unspecified atom stereocenters. The summed E-state index contributed by atoms with van der Waals surface area (Å²) in [6.45, 7) is 2.33. The molecule has 1 aliphatic rings. The second-order valence-electron chi connectivity index (χ2n) is 5.16. The number of hydrogen-bond acceptors (Lipinski definition) is 3. The minimum atomic E-state index is 0.521. The van der Waals surface area contributed by atoms with Crippen LogP contribution in [0.15, 0.2) is 18.6 Å². The topological polar surface area (TPSA) is 56.7 Å². The van der Waals surface area contributed by atoms with Crippen molar-refractivity contribution in [2.24, 2.45) is 5.92 Å². The minimum absolute atomic E-state index is 0.521. The summed E-state index contributed by atoms with van der Waals surface area (Å²) < 4.78 is 2.12. The number of pyridine rings is 1. The first-order valence-corrected chi connectivity index (χ1v) is 6.32. The molecule has 0 atom stereocenters. The van der Waals surface area contributed by atoms with E-state index in [1.807, 2.05) is 12.4 Å². The average Bonchev–Trinajstić information content (AvgIpc) is 2.75. The third kappa shape index (κ3) is 1.77. The molecule has 4 nitrogen and oxygen atoms in total. The maximum atomic E-state index is 5.91. The van der Waals surface area contributed by atoms with Crippen LogP contribution in [0.2, 0.25) is 0 Å². The van der Waals surface area contributed by atoms with Gasteiger partial charge in [-0.05, 0) is 31.6 Å². The molecular weight excluding hydrogens is 212 g/mol. The van der Waals surface area contributed by atoms with Gasteiger partial charge in [0.05, 0.1) is 35.8 Å². The minimum Gasteiger partial charge on any atom is -0.397 e. The fourth-order valence-electron chi connectivity index (χ4n) is 2.76. The molecule has 0 saturated heterocycles. The first-order valence-electron chi connectivity index (χ1n) is 6.32. The van der Waals surface area contributed by atoms with E-state index in [1.165, 1.54) is 25.7 Å². The zero-order valence-electron chi connectivity index (χ0n) is 10.1. The first-order chi connectivity index (χ1) is 8.25. The lowest BCUT2D eigenvalue weighted by Gasteiger charge is -2.26.